The van der Waals surface area contributed by atoms with Crippen LogP contribution in [0.15, 0.2) is 41.3 Å². The van der Waals surface area contributed by atoms with Crippen molar-refractivity contribution in [3.05, 3.63) is 42.0 Å². The number of thioether (sulfide) groups is 1. The average Bonchev–Trinajstić information content (AvgIpc) is 2.65. The zero-order valence-electron chi connectivity index (χ0n) is 14.7. The van der Waals surface area contributed by atoms with Gasteiger partial charge in [0.15, 0.2) is 11.5 Å². The predicted molar refractivity (Wildman–Crippen MR) is 99.2 cm³/mol. The van der Waals surface area contributed by atoms with Gasteiger partial charge in [-0.3, -0.25) is 4.79 Å². The van der Waals surface area contributed by atoms with E-state index < -0.39 is 0 Å². The fraction of sp³-hybridized carbons (Fsp3) is 0.316. The molecule has 1 aliphatic heterocycles. The van der Waals surface area contributed by atoms with Crippen LogP contribution in [0.3, 0.4) is 0 Å². The molecule has 1 amide bonds. The molecule has 132 valence electrons. The molecule has 0 aromatic heterocycles. The van der Waals surface area contributed by atoms with Crippen LogP contribution < -0.4 is 19.1 Å². The van der Waals surface area contributed by atoms with Gasteiger partial charge in [-0.25, -0.2) is 0 Å². The van der Waals surface area contributed by atoms with Crippen molar-refractivity contribution in [2.24, 2.45) is 0 Å². The molecule has 3 rings (SSSR count). The van der Waals surface area contributed by atoms with Gasteiger partial charge >= 0.3 is 0 Å². The molecular formula is C19H21NO4S. The monoisotopic (exact) mass is 359 g/mol. The summed E-state index contributed by atoms with van der Waals surface area (Å²) in [4.78, 5) is 15.3. The second-order valence-corrected chi connectivity index (χ2v) is 6.52. The lowest BCUT2D eigenvalue weighted by Gasteiger charge is -2.41. The second kappa shape index (κ2) is 7.27. The first-order valence-electron chi connectivity index (χ1n) is 7.89. The number of β-lactam (4-membered cyclic amide) rings is 1. The van der Waals surface area contributed by atoms with Gasteiger partial charge in [0.2, 0.25) is 11.7 Å². The van der Waals surface area contributed by atoms with Crippen molar-refractivity contribution in [1.82, 2.24) is 0 Å². The zero-order chi connectivity index (χ0) is 18.0. The number of amides is 1. The molecule has 0 bridgehead atoms. The van der Waals surface area contributed by atoms with Crippen molar-refractivity contribution in [2.75, 3.05) is 32.5 Å². The molecule has 2 aromatic rings. The van der Waals surface area contributed by atoms with Gasteiger partial charge < -0.3 is 19.1 Å². The summed E-state index contributed by atoms with van der Waals surface area (Å²) < 4.78 is 16.2. The molecule has 0 aliphatic carbocycles. The summed E-state index contributed by atoms with van der Waals surface area (Å²) >= 11 is 1.70. The lowest BCUT2D eigenvalue weighted by Crippen LogP contribution is -2.46. The highest BCUT2D eigenvalue weighted by Gasteiger charge is 2.39. The topological polar surface area (TPSA) is 48.0 Å². The van der Waals surface area contributed by atoms with Crippen LogP contribution in [-0.4, -0.2) is 33.5 Å². The smallest absolute Gasteiger partial charge is 0.230 e. The van der Waals surface area contributed by atoms with Crippen molar-refractivity contribution in [2.45, 2.75) is 17.4 Å². The molecule has 0 N–H and O–H groups in total. The SMILES string of the molecule is COc1cc(N2C(=O)CC2c2ccc(SC)cc2)cc(OC)c1OC. The van der Waals surface area contributed by atoms with E-state index in [2.05, 4.69) is 24.3 Å². The largest absolute Gasteiger partial charge is 0.493 e. The Morgan fingerprint density at radius 2 is 1.60 bits per heavy atom. The summed E-state index contributed by atoms with van der Waals surface area (Å²) in [6, 6.07) is 11.9. The highest BCUT2D eigenvalue weighted by molar-refractivity contribution is 7.98. The summed E-state index contributed by atoms with van der Waals surface area (Å²) in [6.45, 7) is 0. The minimum atomic E-state index is 0.0196. The maximum atomic E-state index is 12.3. The van der Waals surface area contributed by atoms with Crippen LogP contribution >= 0.6 is 11.8 Å². The Bertz CT molecular complexity index is 750. The lowest BCUT2D eigenvalue weighted by atomic mass is 9.93. The van der Waals surface area contributed by atoms with E-state index in [0.29, 0.717) is 23.7 Å². The van der Waals surface area contributed by atoms with E-state index in [4.69, 9.17) is 14.2 Å². The molecule has 1 atom stereocenters. The maximum Gasteiger partial charge on any atom is 0.230 e. The Morgan fingerprint density at radius 1 is 1.00 bits per heavy atom. The Kier molecular flexibility index (Phi) is 5.08. The van der Waals surface area contributed by atoms with E-state index in [1.807, 2.05) is 18.4 Å². The number of benzene rings is 2. The molecule has 1 unspecified atom stereocenters. The molecule has 1 fully saturated rings. The third-order valence-electron chi connectivity index (χ3n) is 4.38. The molecule has 2 aromatic carbocycles. The molecule has 6 heteroatoms. The van der Waals surface area contributed by atoms with Crippen molar-refractivity contribution in [3.8, 4) is 17.2 Å². The number of hydrogen-bond donors (Lipinski definition) is 0. The van der Waals surface area contributed by atoms with E-state index in [1.165, 1.54) is 4.90 Å². The molecular weight excluding hydrogens is 338 g/mol. The number of anilines is 1. The minimum absolute atomic E-state index is 0.0196. The van der Waals surface area contributed by atoms with E-state index >= 15 is 0 Å². The maximum absolute atomic E-state index is 12.3. The number of methoxy groups -OCH3 is 3. The van der Waals surface area contributed by atoms with Crippen LogP contribution in [0.25, 0.3) is 0 Å². The van der Waals surface area contributed by atoms with Gasteiger partial charge in [-0.1, -0.05) is 12.1 Å². The fourth-order valence-electron chi connectivity index (χ4n) is 3.04. The molecule has 0 spiro atoms. The fourth-order valence-corrected chi connectivity index (χ4v) is 3.45. The Balaban J connectivity index is 1.97. The third kappa shape index (κ3) is 3.14. The summed E-state index contributed by atoms with van der Waals surface area (Å²) in [6.07, 6.45) is 2.54. The van der Waals surface area contributed by atoms with Crippen LogP contribution in [0.1, 0.15) is 18.0 Å². The molecule has 5 nitrogen and oxygen atoms in total. The highest BCUT2D eigenvalue weighted by atomic mass is 32.2. The van der Waals surface area contributed by atoms with Crippen molar-refractivity contribution in [3.63, 3.8) is 0 Å². The average molecular weight is 359 g/mol. The molecule has 1 heterocycles. The van der Waals surface area contributed by atoms with E-state index in [1.54, 1.807) is 38.0 Å². The standard InChI is InChI=1S/C19H21NO4S/c1-22-16-9-13(10-17(23-2)19(16)24-3)20-15(11-18(20)21)12-5-7-14(25-4)8-6-12/h5-10,15H,11H2,1-4H3. The van der Waals surface area contributed by atoms with Crippen LogP contribution in [-0.2, 0) is 4.79 Å². The lowest BCUT2D eigenvalue weighted by molar-refractivity contribution is -0.124. The Labute approximate surface area is 151 Å². The third-order valence-corrected chi connectivity index (χ3v) is 5.12. The van der Waals surface area contributed by atoms with Gasteiger partial charge in [0, 0.05) is 17.0 Å². The van der Waals surface area contributed by atoms with Gasteiger partial charge in [-0.05, 0) is 24.0 Å². The first kappa shape index (κ1) is 17.5. The van der Waals surface area contributed by atoms with Crippen LogP contribution in [0.4, 0.5) is 5.69 Å². The first-order chi connectivity index (χ1) is 12.1. The summed E-state index contributed by atoms with van der Waals surface area (Å²) in [7, 11) is 4.69. The van der Waals surface area contributed by atoms with Crippen LogP contribution in [0.5, 0.6) is 17.2 Å². The molecule has 25 heavy (non-hydrogen) atoms. The summed E-state index contributed by atoms with van der Waals surface area (Å²) in [5.74, 6) is 1.66. The zero-order valence-corrected chi connectivity index (χ0v) is 15.6. The van der Waals surface area contributed by atoms with Gasteiger partial charge in [0.05, 0.1) is 39.5 Å². The Hall–Kier alpha value is -2.34. The number of hydrogen-bond acceptors (Lipinski definition) is 5. The highest BCUT2D eigenvalue weighted by Crippen LogP contribution is 2.46. The minimum Gasteiger partial charge on any atom is -0.493 e. The molecule has 0 radical (unpaired) electrons. The van der Waals surface area contributed by atoms with Crippen LogP contribution in [0, 0.1) is 0 Å². The van der Waals surface area contributed by atoms with Crippen LogP contribution in [0.2, 0.25) is 0 Å². The number of nitrogens with zero attached hydrogens (tertiary/aromatic N) is 1. The molecule has 0 saturated carbocycles. The predicted octanol–water partition coefficient (Wildman–Crippen LogP) is 3.91. The number of carbonyl (C=O) groups is 1. The van der Waals surface area contributed by atoms with Gasteiger partial charge in [0.1, 0.15) is 0 Å². The van der Waals surface area contributed by atoms with Crippen molar-refractivity contribution >= 4 is 23.4 Å². The van der Waals surface area contributed by atoms with Gasteiger partial charge in [-0.15, -0.1) is 11.8 Å². The number of ether oxygens (including phenoxy) is 3. The van der Waals surface area contributed by atoms with Gasteiger partial charge in [0.25, 0.3) is 0 Å². The van der Waals surface area contributed by atoms with Crippen molar-refractivity contribution < 1.29 is 19.0 Å². The normalized spacial score (nSPS) is 16.4. The van der Waals surface area contributed by atoms with Gasteiger partial charge in [-0.2, -0.15) is 0 Å². The molecule has 1 aliphatic rings. The second-order valence-electron chi connectivity index (χ2n) is 5.64. The number of carbonyl (C=O) groups excluding carboxylic acids is 1. The summed E-state index contributed by atoms with van der Waals surface area (Å²) in [5, 5.41) is 0. The van der Waals surface area contributed by atoms with Crippen molar-refractivity contribution in [1.29, 1.82) is 0 Å². The Morgan fingerprint density at radius 3 is 2.04 bits per heavy atom. The van der Waals surface area contributed by atoms with E-state index in [0.717, 1.165) is 11.3 Å². The molecule has 1 saturated heterocycles. The quantitative estimate of drug-likeness (QED) is 0.578. The first-order valence-corrected chi connectivity index (χ1v) is 9.11. The van der Waals surface area contributed by atoms with E-state index in [-0.39, 0.29) is 11.9 Å². The number of rotatable bonds is 6. The van der Waals surface area contributed by atoms with E-state index in [9.17, 15) is 4.79 Å². The summed E-state index contributed by atoms with van der Waals surface area (Å²) in [5.41, 5.74) is 1.86.